The molecule has 1 N–H and O–H groups in total. The lowest BCUT2D eigenvalue weighted by Gasteiger charge is -2.64. The summed E-state index contributed by atoms with van der Waals surface area (Å²) in [5, 5.41) is 3.78. The first-order valence-corrected chi connectivity index (χ1v) is 9.01. The van der Waals surface area contributed by atoms with Gasteiger partial charge in [0.25, 0.3) is 0 Å². The summed E-state index contributed by atoms with van der Waals surface area (Å²) in [4.78, 5) is 2.99. The third kappa shape index (κ3) is 2.06. The zero-order valence-electron chi connectivity index (χ0n) is 13.6. The third-order valence-corrected chi connectivity index (χ3v) is 6.91. The molecule has 2 nitrogen and oxygen atoms in total. The Kier molecular flexibility index (Phi) is 3.03. The number of nitrogens with zero attached hydrogens (tertiary/aromatic N) is 1. The Labute approximate surface area is 124 Å². The van der Waals surface area contributed by atoms with Crippen LogP contribution in [0.15, 0.2) is 0 Å². The maximum absolute atomic E-state index is 3.78. The smallest absolute Gasteiger partial charge is 0.0253 e. The number of hydrogen-bond donors (Lipinski definition) is 1. The Hall–Kier alpha value is -0.0800. The van der Waals surface area contributed by atoms with Crippen LogP contribution in [0.25, 0.3) is 0 Å². The Morgan fingerprint density at radius 2 is 1.55 bits per heavy atom. The minimum Gasteiger partial charge on any atom is -0.309 e. The van der Waals surface area contributed by atoms with Crippen LogP contribution in [0.3, 0.4) is 0 Å². The van der Waals surface area contributed by atoms with Gasteiger partial charge in [0.2, 0.25) is 0 Å². The normalized spacial score (nSPS) is 50.5. The molecule has 1 saturated heterocycles. The number of nitrogens with one attached hydrogen (secondary N) is 1. The molecule has 0 radical (unpaired) electrons. The molecule has 0 aromatic carbocycles. The minimum absolute atomic E-state index is 0.301. The van der Waals surface area contributed by atoms with Crippen LogP contribution in [0.4, 0.5) is 0 Å². The van der Waals surface area contributed by atoms with E-state index in [1.54, 1.807) is 19.3 Å². The lowest BCUT2D eigenvalue weighted by atomic mass is 9.52. The summed E-state index contributed by atoms with van der Waals surface area (Å²) in [6.45, 7) is 9.64. The molecule has 0 aromatic rings. The highest BCUT2D eigenvalue weighted by atomic mass is 15.3. The fourth-order valence-corrected chi connectivity index (χ4v) is 6.45. The first-order chi connectivity index (χ1) is 9.50. The predicted molar refractivity (Wildman–Crippen MR) is 83.8 cm³/mol. The summed E-state index contributed by atoms with van der Waals surface area (Å²) in [6, 6.07) is 0.777. The van der Waals surface area contributed by atoms with Crippen molar-refractivity contribution < 1.29 is 0 Å². The van der Waals surface area contributed by atoms with Gasteiger partial charge in [-0.1, -0.05) is 6.92 Å². The molecule has 5 aliphatic rings. The zero-order valence-corrected chi connectivity index (χ0v) is 13.6. The van der Waals surface area contributed by atoms with E-state index >= 15 is 0 Å². The van der Waals surface area contributed by atoms with E-state index in [1.807, 2.05) is 0 Å². The topological polar surface area (TPSA) is 15.3 Å². The summed E-state index contributed by atoms with van der Waals surface area (Å²) in [6.07, 6.45) is 10.6. The largest absolute Gasteiger partial charge is 0.309 e. The molecule has 4 saturated carbocycles. The Bertz CT molecular complexity index is 352. The van der Waals surface area contributed by atoms with Gasteiger partial charge in [-0.05, 0) is 76.5 Å². The van der Waals surface area contributed by atoms with Crippen molar-refractivity contribution in [3.05, 3.63) is 0 Å². The monoisotopic (exact) mass is 276 g/mol. The van der Waals surface area contributed by atoms with Crippen molar-refractivity contribution in [1.82, 2.24) is 10.2 Å². The summed E-state index contributed by atoms with van der Waals surface area (Å²) in [7, 11) is 0. The standard InChI is InChI=1S/C18H32N2/c1-4-16-11-19-17(2,3)12-20(16)18-8-13-5-14(9-18)7-15(6-13)10-18/h13-16,19H,4-12H2,1-3H3. The van der Waals surface area contributed by atoms with Crippen molar-refractivity contribution >= 4 is 0 Å². The third-order valence-electron chi connectivity index (χ3n) is 6.91. The molecule has 1 aliphatic heterocycles. The minimum atomic E-state index is 0.301. The maximum atomic E-state index is 3.78. The van der Waals surface area contributed by atoms with Gasteiger partial charge in [0.1, 0.15) is 0 Å². The van der Waals surface area contributed by atoms with Crippen molar-refractivity contribution in [3.63, 3.8) is 0 Å². The average Bonchev–Trinajstić information content (AvgIpc) is 2.36. The van der Waals surface area contributed by atoms with Gasteiger partial charge >= 0.3 is 0 Å². The molecule has 0 aromatic heterocycles. The van der Waals surface area contributed by atoms with Crippen molar-refractivity contribution in [2.45, 2.75) is 82.8 Å². The average molecular weight is 276 g/mol. The van der Waals surface area contributed by atoms with E-state index in [-0.39, 0.29) is 0 Å². The first-order valence-electron chi connectivity index (χ1n) is 9.01. The van der Waals surface area contributed by atoms with E-state index in [4.69, 9.17) is 0 Å². The SMILES string of the molecule is CCC1CNC(C)(C)CN1C12CC3CC(CC(C3)C1)C2. The Balaban J connectivity index is 1.64. The van der Waals surface area contributed by atoms with Crippen LogP contribution >= 0.6 is 0 Å². The van der Waals surface area contributed by atoms with E-state index in [2.05, 4.69) is 31.0 Å². The fourth-order valence-electron chi connectivity index (χ4n) is 6.45. The molecular weight excluding hydrogens is 244 g/mol. The Morgan fingerprint density at radius 3 is 2.05 bits per heavy atom. The van der Waals surface area contributed by atoms with Gasteiger partial charge in [-0.25, -0.2) is 0 Å². The molecule has 5 fully saturated rings. The quantitative estimate of drug-likeness (QED) is 0.831. The molecule has 4 aliphatic carbocycles. The Morgan fingerprint density at radius 1 is 1.00 bits per heavy atom. The highest BCUT2D eigenvalue weighted by Crippen LogP contribution is 2.58. The fraction of sp³-hybridized carbons (Fsp3) is 1.00. The van der Waals surface area contributed by atoms with Crippen LogP contribution in [0.1, 0.15) is 65.7 Å². The van der Waals surface area contributed by atoms with Crippen LogP contribution in [-0.4, -0.2) is 35.1 Å². The molecule has 4 bridgehead atoms. The zero-order chi connectivity index (χ0) is 14.0. The summed E-state index contributed by atoms with van der Waals surface area (Å²) in [5.41, 5.74) is 0.893. The molecule has 0 spiro atoms. The van der Waals surface area contributed by atoms with Gasteiger partial charge in [-0.3, -0.25) is 4.90 Å². The first kappa shape index (κ1) is 13.6. The van der Waals surface area contributed by atoms with E-state index in [1.165, 1.54) is 38.8 Å². The van der Waals surface area contributed by atoms with Crippen molar-refractivity contribution in [2.75, 3.05) is 13.1 Å². The van der Waals surface area contributed by atoms with Gasteiger partial charge < -0.3 is 5.32 Å². The molecule has 5 rings (SSSR count). The second-order valence-corrected chi connectivity index (χ2v) is 9.10. The molecular formula is C18H32N2. The van der Waals surface area contributed by atoms with Crippen LogP contribution in [-0.2, 0) is 0 Å². The van der Waals surface area contributed by atoms with Gasteiger partial charge in [0, 0.05) is 30.2 Å². The van der Waals surface area contributed by atoms with Crippen molar-refractivity contribution in [3.8, 4) is 0 Å². The molecule has 2 heteroatoms. The van der Waals surface area contributed by atoms with Crippen LogP contribution in [0.2, 0.25) is 0 Å². The van der Waals surface area contributed by atoms with Crippen molar-refractivity contribution in [1.29, 1.82) is 0 Å². The lowest BCUT2D eigenvalue weighted by Crippen LogP contribution is -2.70. The summed E-state index contributed by atoms with van der Waals surface area (Å²) < 4.78 is 0. The second-order valence-electron chi connectivity index (χ2n) is 9.10. The van der Waals surface area contributed by atoms with Gasteiger partial charge in [0.15, 0.2) is 0 Å². The second kappa shape index (κ2) is 4.46. The lowest BCUT2D eigenvalue weighted by molar-refractivity contribution is -0.122. The van der Waals surface area contributed by atoms with Crippen molar-refractivity contribution in [2.24, 2.45) is 17.8 Å². The molecule has 0 amide bonds. The molecule has 1 atom stereocenters. The highest BCUT2D eigenvalue weighted by molar-refractivity contribution is 5.10. The van der Waals surface area contributed by atoms with E-state index in [0.29, 0.717) is 11.1 Å². The number of rotatable bonds is 2. The molecule has 1 heterocycles. The van der Waals surface area contributed by atoms with Crippen LogP contribution in [0, 0.1) is 17.8 Å². The van der Waals surface area contributed by atoms with Gasteiger partial charge in [0.05, 0.1) is 0 Å². The number of piperazine rings is 1. The van der Waals surface area contributed by atoms with Gasteiger partial charge in [-0.15, -0.1) is 0 Å². The maximum Gasteiger partial charge on any atom is 0.0253 e. The predicted octanol–water partition coefficient (Wildman–Crippen LogP) is 3.42. The summed E-state index contributed by atoms with van der Waals surface area (Å²) in [5.74, 6) is 3.20. The van der Waals surface area contributed by atoms with Crippen LogP contribution in [0.5, 0.6) is 0 Å². The van der Waals surface area contributed by atoms with Crippen LogP contribution < -0.4 is 5.32 Å². The molecule has 114 valence electrons. The van der Waals surface area contributed by atoms with Gasteiger partial charge in [-0.2, -0.15) is 0 Å². The number of hydrogen-bond acceptors (Lipinski definition) is 2. The molecule has 1 unspecified atom stereocenters. The summed E-state index contributed by atoms with van der Waals surface area (Å²) >= 11 is 0. The molecule has 20 heavy (non-hydrogen) atoms. The highest BCUT2D eigenvalue weighted by Gasteiger charge is 2.55. The van der Waals surface area contributed by atoms with E-state index < -0.39 is 0 Å². The van der Waals surface area contributed by atoms with E-state index in [0.717, 1.165) is 23.8 Å². The van der Waals surface area contributed by atoms with E-state index in [9.17, 15) is 0 Å².